The molecule has 2 aromatic heterocycles. The summed E-state index contributed by atoms with van der Waals surface area (Å²) in [5, 5.41) is 0. The molecule has 262 valence electrons. The molecule has 0 aliphatic heterocycles. The molecule has 0 fully saturated rings. The summed E-state index contributed by atoms with van der Waals surface area (Å²) in [6.45, 7) is 1.45. The highest BCUT2D eigenvalue weighted by molar-refractivity contribution is 5.75. The molecule has 8 rings (SSSR count). The first-order valence-electron chi connectivity index (χ1n) is 18.3. The Morgan fingerprint density at radius 3 is 0.796 bits per heavy atom. The number of pyridine rings is 2. The Hall–Kier alpha value is -6.78. The number of nitrogens with zero attached hydrogens (tertiary/aromatic N) is 2. The summed E-state index contributed by atoms with van der Waals surface area (Å²) in [6.07, 6.45) is 0. The molecule has 0 aliphatic rings. The predicted molar refractivity (Wildman–Crippen MR) is 219 cm³/mol. The van der Waals surface area contributed by atoms with Crippen molar-refractivity contribution in [2.75, 3.05) is 14.2 Å². The zero-order valence-corrected chi connectivity index (χ0v) is 30.6. The van der Waals surface area contributed by atoms with Crippen LogP contribution in [0, 0.1) is 0 Å². The monoisotopic (exact) mass is 702 g/mol. The Morgan fingerprint density at radius 2 is 0.556 bits per heavy atom. The maximum atomic E-state index is 5.50. The summed E-state index contributed by atoms with van der Waals surface area (Å²) in [5.74, 6) is 1.68. The lowest BCUT2D eigenvalue weighted by molar-refractivity contribution is -0.758. The van der Waals surface area contributed by atoms with Crippen LogP contribution in [0.3, 0.4) is 0 Å². The van der Waals surface area contributed by atoms with Gasteiger partial charge in [0.05, 0.1) is 14.2 Å². The number of hydrogen-bond acceptors (Lipinski definition) is 2. The van der Waals surface area contributed by atoms with E-state index in [0.29, 0.717) is 0 Å². The molecule has 8 aromatic rings. The molecule has 0 radical (unpaired) electrons. The summed E-state index contributed by atoms with van der Waals surface area (Å²) < 4.78 is 16.0. The molecule has 0 aliphatic carbocycles. The highest BCUT2D eigenvalue weighted by Crippen LogP contribution is 2.32. The summed E-state index contributed by atoms with van der Waals surface area (Å²) >= 11 is 0. The first kappa shape index (κ1) is 34.3. The fourth-order valence-corrected chi connectivity index (χ4v) is 7.22. The van der Waals surface area contributed by atoms with Crippen molar-refractivity contribution in [3.05, 3.63) is 194 Å². The lowest BCUT2D eigenvalue weighted by Gasteiger charge is -2.15. The van der Waals surface area contributed by atoms with E-state index in [1.54, 1.807) is 14.2 Å². The number of aromatic nitrogens is 2. The Bertz CT molecular complexity index is 2170. The summed E-state index contributed by atoms with van der Waals surface area (Å²) in [4.78, 5) is 0. The lowest BCUT2D eigenvalue weighted by Crippen LogP contribution is -2.49. The number of ether oxygens (including phenoxy) is 2. The van der Waals surface area contributed by atoms with E-state index in [4.69, 9.17) is 9.47 Å². The second kappa shape index (κ2) is 15.9. The first-order chi connectivity index (χ1) is 26.7. The molecular formula is C50H42N2O2+2. The van der Waals surface area contributed by atoms with Crippen molar-refractivity contribution in [3.63, 3.8) is 0 Å². The van der Waals surface area contributed by atoms with Crippen LogP contribution in [0.25, 0.3) is 67.3 Å². The van der Waals surface area contributed by atoms with Crippen LogP contribution < -0.4 is 18.6 Å². The Morgan fingerprint density at radius 1 is 0.296 bits per heavy atom. The van der Waals surface area contributed by atoms with Crippen molar-refractivity contribution >= 4 is 0 Å². The van der Waals surface area contributed by atoms with Gasteiger partial charge in [-0.15, -0.1) is 0 Å². The van der Waals surface area contributed by atoms with Crippen LogP contribution in [0.15, 0.2) is 194 Å². The van der Waals surface area contributed by atoms with E-state index in [1.807, 2.05) is 24.3 Å². The van der Waals surface area contributed by atoms with Gasteiger partial charge in [0.2, 0.25) is 35.9 Å². The molecule has 4 nitrogen and oxygen atoms in total. The second-order valence-electron chi connectivity index (χ2n) is 13.3. The van der Waals surface area contributed by atoms with E-state index in [9.17, 15) is 0 Å². The van der Waals surface area contributed by atoms with Gasteiger partial charge in [-0.3, -0.25) is 0 Å². The maximum Gasteiger partial charge on any atom is 0.213 e. The highest BCUT2D eigenvalue weighted by atomic mass is 16.5. The van der Waals surface area contributed by atoms with Crippen molar-refractivity contribution in [2.45, 2.75) is 13.1 Å². The van der Waals surface area contributed by atoms with Crippen LogP contribution in [0.2, 0.25) is 0 Å². The average Bonchev–Trinajstić information content (AvgIpc) is 3.26. The SMILES string of the molecule is COc1ccc(-c2cc(-c3ccccc3)[n+](CC[n+]3c(-c4ccccc4)cc(-c4ccc(OC)cc4)cc3-c3ccccc3)c(-c3ccccc3)c2)cc1. The molecule has 0 spiro atoms. The van der Waals surface area contributed by atoms with Crippen LogP contribution in [-0.2, 0) is 13.1 Å². The van der Waals surface area contributed by atoms with Crippen molar-refractivity contribution < 1.29 is 18.6 Å². The van der Waals surface area contributed by atoms with Gasteiger partial charge in [0.1, 0.15) is 11.5 Å². The van der Waals surface area contributed by atoms with Crippen molar-refractivity contribution in [3.8, 4) is 78.8 Å². The van der Waals surface area contributed by atoms with Crippen LogP contribution in [0.4, 0.5) is 0 Å². The molecular weight excluding hydrogens is 661 g/mol. The van der Waals surface area contributed by atoms with Gasteiger partial charge in [-0.1, -0.05) is 97.1 Å². The summed E-state index contributed by atoms with van der Waals surface area (Å²) in [5.41, 5.74) is 13.8. The largest absolute Gasteiger partial charge is 0.497 e. The molecule has 4 heteroatoms. The third-order valence-electron chi connectivity index (χ3n) is 10.0. The minimum Gasteiger partial charge on any atom is -0.497 e. The number of rotatable bonds is 11. The van der Waals surface area contributed by atoms with Gasteiger partial charge in [0.15, 0.2) is 0 Å². The number of benzene rings is 6. The Balaban J connectivity index is 1.33. The quantitative estimate of drug-likeness (QED) is 0.125. The second-order valence-corrected chi connectivity index (χ2v) is 13.3. The molecule has 54 heavy (non-hydrogen) atoms. The fourth-order valence-electron chi connectivity index (χ4n) is 7.22. The third kappa shape index (κ3) is 7.28. The topological polar surface area (TPSA) is 26.2 Å². The smallest absolute Gasteiger partial charge is 0.213 e. The molecule has 0 saturated carbocycles. The fraction of sp³-hybridized carbons (Fsp3) is 0.0800. The summed E-state index contributed by atoms with van der Waals surface area (Å²) in [6, 6.07) is 69.0. The van der Waals surface area contributed by atoms with E-state index < -0.39 is 0 Å². The van der Waals surface area contributed by atoms with Crippen LogP contribution in [-0.4, -0.2) is 14.2 Å². The van der Waals surface area contributed by atoms with Gasteiger partial charge in [0.25, 0.3) is 0 Å². The standard InChI is InChI=1S/C50H42N2O2/c1-53-45-27-23-37(24-28-45)43-33-47(39-15-7-3-8-16-39)51(48(34-43)40-17-9-4-10-18-40)31-32-52-49(41-19-11-5-12-20-41)35-44(38-25-29-46(54-2)30-26-38)36-50(52)42-21-13-6-14-22-42/h3-30,33-36H,31-32H2,1-2H3/q+2. The van der Waals surface area contributed by atoms with Crippen LogP contribution >= 0.6 is 0 Å². The van der Waals surface area contributed by atoms with Crippen molar-refractivity contribution in [2.24, 2.45) is 0 Å². The normalized spacial score (nSPS) is 10.9. The third-order valence-corrected chi connectivity index (χ3v) is 10.0. The van der Waals surface area contributed by atoms with E-state index in [-0.39, 0.29) is 0 Å². The minimum absolute atomic E-state index is 0.726. The van der Waals surface area contributed by atoms with E-state index in [2.05, 4.69) is 179 Å². The first-order valence-corrected chi connectivity index (χ1v) is 18.3. The van der Waals surface area contributed by atoms with Crippen LogP contribution in [0.1, 0.15) is 0 Å². The molecule has 6 aromatic carbocycles. The maximum absolute atomic E-state index is 5.50. The molecule has 0 saturated heterocycles. The van der Waals surface area contributed by atoms with Gasteiger partial charge < -0.3 is 9.47 Å². The molecule has 0 amide bonds. The zero-order chi connectivity index (χ0) is 36.7. The van der Waals surface area contributed by atoms with Gasteiger partial charge in [-0.25, -0.2) is 0 Å². The van der Waals surface area contributed by atoms with E-state index in [0.717, 1.165) is 91.9 Å². The Kier molecular flexibility index (Phi) is 10.1. The van der Waals surface area contributed by atoms with Gasteiger partial charge in [-0.2, -0.15) is 9.13 Å². The summed E-state index contributed by atoms with van der Waals surface area (Å²) in [7, 11) is 3.41. The molecule has 0 unspecified atom stereocenters. The van der Waals surface area contributed by atoms with E-state index in [1.165, 1.54) is 0 Å². The lowest BCUT2D eigenvalue weighted by atomic mass is 9.98. The molecule has 0 atom stereocenters. The predicted octanol–water partition coefficient (Wildman–Crippen LogP) is 11.0. The van der Waals surface area contributed by atoms with Crippen molar-refractivity contribution in [1.82, 2.24) is 0 Å². The number of hydrogen-bond donors (Lipinski definition) is 0. The van der Waals surface area contributed by atoms with Gasteiger partial charge in [-0.05, 0) is 95.1 Å². The van der Waals surface area contributed by atoms with E-state index >= 15 is 0 Å². The van der Waals surface area contributed by atoms with Crippen molar-refractivity contribution in [1.29, 1.82) is 0 Å². The Labute approximate surface area is 317 Å². The molecule has 0 bridgehead atoms. The number of methoxy groups -OCH3 is 2. The van der Waals surface area contributed by atoms with Crippen LogP contribution in [0.5, 0.6) is 11.5 Å². The van der Waals surface area contributed by atoms with Gasteiger partial charge >= 0.3 is 0 Å². The molecule has 0 N–H and O–H groups in total. The average molecular weight is 703 g/mol. The van der Waals surface area contributed by atoms with Gasteiger partial charge in [0, 0.05) is 46.5 Å². The minimum atomic E-state index is 0.726. The molecule has 2 heterocycles. The highest BCUT2D eigenvalue weighted by Gasteiger charge is 2.28. The zero-order valence-electron chi connectivity index (χ0n) is 30.6.